The molecular formula is C31H46N2O3S. The summed E-state index contributed by atoms with van der Waals surface area (Å²) in [6.07, 6.45) is 20.9. The van der Waals surface area contributed by atoms with E-state index in [1.54, 1.807) is 6.07 Å². The Kier molecular flexibility index (Phi) is 12.6. The van der Waals surface area contributed by atoms with Gasteiger partial charge in [0.05, 0.1) is 15.9 Å². The molecule has 0 aliphatic heterocycles. The van der Waals surface area contributed by atoms with Gasteiger partial charge >= 0.3 is 0 Å². The lowest BCUT2D eigenvalue weighted by Crippen LogP contribution is -2.05. The van der Waals surface area contributed by atoms with Crippen molar-refractivity contribution in [2.45, 2.75) is 121 Å². The first-order valence-electron chi connectivity index (χ1n) is 14.5. The fraction of sp³-hybridized carbons (Fsp3) is 0.581. The first-order chi connectivity index (χ1) is 18.0. The summed E-state index contributed by atoms with van der Waals surface area (Å²) in [5, 5.41) is 0. The molecule has 0 atom stereocenters. The molecule has 1 heterocycles. The number of rotatable bonds is 19. The summed E-state index contributed by atoms with van der Waals surface area (Å²) in [5.74, 6) is 0.973. The van der Waals surface area contributed by atoms with Crippen LogP contribution in [-0.4, -0.2) is 22.5 Å². The van der Waals surface area contributed by atoms with Gasteiger partial charge in [0.15, 0.2) is 0 Å². The lowest BCUT2D eigenvalue weighted by molar-refractivity contribution is 0.483. The van der Waals surface area contributed by atoms with Gasteiger partial charge in [-0.05, 0) is 30.2 Å². The number of aromatic nitrogens is 2. The van der Waals surface area contributed by atoms with Crippen molar-refractivity contribution in [1.82, 2.24) is 9.55 Å². The van der Waals surface area contributed by atoms with Crippen molar-refractivity contribution in [2.75, 3.05) is 0 Å². The quantitative estimate of drug-likeness (QED) is 0.125. The van der Waals surface area contributed by atoms with Crippen molar-refractivity contribution < 1.29 is 13.0 Å². The van der Waals surface area contributed by atoms with Crippen molar-refractivity contribution >= 4 is 21.2 Å². The average molecular weight is 527 g/mol. The van der Waals surface area contributed by atoms with Crippen molar-refractivity contribution in [3.63, 3.8) is 0 Å². The summed E-state index contributed by atoms with van der Waals surface area (Å²) >= 11 is 0. The zero-order valence-electron chi connectivity index (χ0n) is 22.7. The van der Waals surface area contributed by atoms with Crippen LogP contribution in [-0.2, 0) is 23.1 Å². The van der Waals surface area contributed by atoms with Gasteiger partial charge in [-0.25, -0.2) is 4.98 Å². The van der Waals surface area contributed by atoms with Crippen molar-refractivity contribution in [1.29, 1.82) is 0 Å². The van der Waals surface area contributed by atoms with Gasteiger partial charge in [-0.3, -0.25) is 4.55 Å². The lowest BCUT2D eigenvalue weighted by Gasteiger charge is -2.10. The van der Waals surface area contributed by atoms with Crippen LogP contribution in [0.25, 0.3) is 11.0 Å². The Balaban J connectivity index is 1.41. The van der Waals surface area contributed by atoms with Crippen LogP contribution in [0.3, 0.4) is 0 Å². The topological polar surface area (TPSA) is 72.2 Å². The van der Waals surface area contributed by atoms with E-state index in [2.05, 4.69) is 23.6 Å². The van der Waals surface area contributed by atoms with Crippen LogP contribution in [0, 0.1) is 0 Å². The standard InChI is InChI=1S/C31H46N2O3S/c1-2-3-4-5-6-7-8-9-10-11-12-13-14-15-19-22-31-32-29-25-28(37(34,35)36)23-24-30(29)33(31)26-27-20-17-16-18-21-27/h16-18,20-21,23-25H,2-15,19,22,26H2,1H3,(H,34,35,36). The lowest BCUT2D eigenvalue weighted by atomic mass is 10.0. The normalized spacial score (nSPS) is 11.9. The molecule has 0 saturated heterocycles. The van der Waals surface area contributed by atoms with E-state index < -0.39 is 10.1 Å². The molecule has 1 aromatic heterocycles. The zero-order chi connectivity index (χ0) is 26.3. The molecule has 2 aromatic carbocycles. The molecule has 0 bridgehead atoms. The van der Waals surface area contributed by atoms with E-state index in [9.17, 15) is 13.0 Å². The molecule has 0 radical (unpaired) electrons. The third-order valence-corrected chi connectivity index (χ3v) is 8.13. The fourth-order valence-electron chi connectivity index (χ4n) is 5.11. The Morgan fingerprint density at radius 1 is 0.730 bits per heavy atom. The second-order valence-corrected chi connectivity index (χ2v) is 11.8. The Hall–Kier alpha value is -2.18. The van der Waals surface area contributed by atoms with Crippen molar-refractivity contribution in [2.24, 2.45) is 0 Å². The fourth-order valence-corrected chi connectivity index (χ4v) is 5.61. The Labute approximate surface area is 224 Å². The van der Waals surface area contributed by atoms with Gasteiger partial charge in [-0.2, -0.15) is 8.42 Å². The summed E-state index contributed by atoms with van der Waals surface area (Å²) in [6, 6.07) is 14.9. The van der Waals surface area contributed by atoms with E-state index in [1.807, 2.05) is 18.2 Å². The summed E-state index contributed by atoms with van der Waals surface area (Å²) in [5.41, 5.74) is 2.69. The molecule has 1 N–H and O–H groups in total. The Bertz CT molecular complexity index is 1160. The highest BCUT2D eigenvalue weighted by atomic mass is 32.2. The van der Waals surface area contributed by atoms with Gasteiger partial charge in [-0.15, -0.1) is 0 Å². The molecule has 37 heavy (non-hydrogen) atoms. The maximum absolute atomic E-state index is 11.6. The minimum Gasteiger partial charge on any atom is -0.323 e. The molecule has 0 saturated carbocycles. The van der Waals surface area contributed by atoms with E-state index >= 15 is 0 Å². The van der Waals surface area contributed by atoms with Gasteiger partial charge in [0.25, 0.3) is 10.1 Å². The summed E-state index contributed by atoms with van der Waals surface area (Å²) in [6.45, 7) is 2.97. The van der Waals surface area contributed by atoms with Crippen LogP contribution in [0.4, 0.5) is 0 Å². The molecule has 0 unspecified atom stereocenters. The molecule has 0 fully saturated rings. The molecule has 5 nitrogen and oxygen atoms in total. The van der Waals surface area contributed by atoms with Crippen molar-refractivity contribution in [3.8, 4) is 0 Å². The van der Waals surface area contributed by atoms with Crippen LogP contribution in [0.2, 0.25) is 0 Å². The number of fused-ring (bicyclic) bond motifs is 1. The first-order valence-corrected chi connectivity index (χ1v) is 15.9. The second kappa shape index (κ2) is 15.9. The third-order valence-electron chi connectivity index (χ3n) is 7.28. The van der Waals surface area contributed by atoms with Crippen LogP contribution < -0.4 is 0 Å². The van der Waals surface area contributed by atoms with Crippen LogP contribution in [0.15, 0.2) is 53.4 Å². The van der Waals surface area contributed by atoms with Gasteiger partial charge in [0.2, 0.25) is 0 Å². The molecule has 0 aliphatic rings. The summed E-state index contributed by atoms with van der Waals surface area (Å²) < 4.78 is 34.9. The average Bonchev–Trinajstić information content (AvgIpc) is 3.23. The van der Waals surface area contributed by atoms with Crippen LogP contribution in [0.5, 0.6) is 0 Å². The SMILES string of the molecule is CCCCCCCCCCCCCCCCCc1nc2cc(S(=O)(=O)O)ccc2n1Cc1ccccc1. The minimum atomic E-state index is -4.25. The zero-order valence-corrected chi connectivity index (χ0v) is 23.5. The van der Waals surface area contributed by atoms with Gasteiger partial charge in [-0.1, -0.05) is 127 Å². The van der Waals surface area contributed by atoms with E-state index in [0.29, 0.717) is 12.1 Å². The van der Waals surface area contributed by atoms with Crippen molar-refractivity contribution in [3.05, 3.63) is 59.9 Å². The number of imidazole rings is 1. The predicted octanol–water partition coefficient (Wildman–Crippen LogP) is 8.75. The number of unbranched alkanes of at least 4 members (excludes halogenated alkanes) is 14. The molecular weight excluding hydrogens is 480 g/mol. The number of benzene rings is 2. The maximum atomic E-state index is 11.6. The van der Waals surface area contributed by atoms with Gasteiger partial charge in [0.1, 0.15) is 5.82 Å². The predicted molar refractivity (Wildman–Crippen MR) is 154 cm³/mol. The molecule has 3 aromatic rings. The molecule has 3 rings (SSSR count). The number of hydrogen-bond acceptors (Lipinski definition) is 3. The van der Waals surface area contributed by atoms with E-state index in [0.717, 1.165) is 24.2 Å². The highest BCUT2D eigenvalue weighted by Crippen LogP contribution is 2.23. The van der Waals surface area contributed by atoms with Gasteiger partial charge < -0.3 is 4.57 Å². The Morgan fingerprint density at radius 2 is 1.27 bits per heavy atom. The smallest absolute Gasteiger partial charge is 0.294 e. The largest absolute Gasteiger partial charge is 0.323 e. The number of aryl methyl sites for hydroxylation is 1. The molecule has 0 spiro atoms. The van der Waals surface area contributed by atoms with Crippen LogP contribution in [0.1, 0.15) is 115 Å². The number of nitrogens with zero attached hydrogens (tertiary/aromatic N) is 2. The highest BCUT2D eigenvalue weighted by molar-refractivity contribution is 7.85. The van der Waals surface area contributed by atoms with E-state index in [1.165, 1.54) is 108 Å². The van der Waals surface area contributed by atoms with E-state index in [4.69, 9.17) is 4.98 Å². The third kappa shape index (κ3) is 10.2. The molecule has 0 aliphatic carbocycles. The maximum Gasteiger partial charge on any atom is 0.294 e. The monoisotopic (exact) mass is 526 g/mol. The highest BCUT2D eigenvalue weighted by Gasteiger charge is 2.16. The van der Waals surface area contributed by atoms with Gasteiger partial charge in [0, 0.05) is 13.0 Å². The molecule has 0 amide bonds. The molecule has 6 heteroatoms. The summed E-state index contributed by atoms with van der Waals surface area (Å²) in [4.78, 5) is 4.67. The van der Waals surface area contributed by atoms with Crippen LogP contribution >= 0.6 is 0 Å². The number of hydrogen-bond donors (Lipinski definition) is 1. The summed E-state index contributed by atoms with van der Waals surface area (Å²) in [7, 11) is -4.25. The van der Waals surface area contributed by atoms with E-state index in [-0.39, 0.29) is 4.90 Å². The Morgan fingerprint density at radius 3 is 1.81 bits per heavy atom. The minimum absolute atomic E-state index is 0.108. The first kappa shape index (κ1) is 29.4. The molecule has 204 valence electrons. The second-order valence-electron chi connectivity index (χ2n) is 10.4.